The highest BCUT2D eigenvalue weighted by atomic mass is 16.5. The molecule has 144 valence electrons. The molecular formula is C18H37NO5. The van der Waals surface area contributed by atoms with E-state index < -0.39 is 24.4 Å². The molecule has 1 aliphatic rings. The smallest absolute Gasteiger partial charge is 0.109 e. The van der Waals surface area contributed by atoms with E-state index in [1.807, 2.05) is 4.90 Å². The summed E-state index contributed by atoms with van der Waals surface area (Å²) in [5.41, 5.74) is -0.0280. The summed E-state index contributed by atoms with van der Waals surface area (Å²) in [4.78, 5) is 1.89. The van der Waals surface area contributed by atoms with Crippen molar-refractivity contribution in [1.82, 2.24) is 4.90 Å². The largest absolute Gasteiger partial charge is 0.395 e. The van der Waals surface area contributed by atoms with Crippen molar-refractivity contribution >= 4 is 0 Å². The lowest BCUT2D eigenvalue weighted by Gasteiger charge is -2.43. The zero-order valence-corrected chi connectivity index (χ0v) is 15.5. The number of aliphatic hydroxyl groups excluding tert-OH is 4. The summed E-state index contributed by atoms with van der Waals surface area (Å²) in [6, 6.07) is -0.486. The second kappa shape index (κ2) is 10.7. The van der Waals surface area contributed by atoms with Crippen LogP contribution < -0.4 is 0 Å². The molecule has 0 aromatic heterocycles. The first-order chi connectivity index (χ1) is 11.3. The first kappa shape index (κ1) is 21.8. The quantitative estimate of drug-likeness (QED) is 0.415. The lowest BCUT2D eigenvalue weighted by molar-refractivity contribution is -0.145. The molecule has 0 unspecified atom stereocenters. The van der Waals surface area contributed by atoms with E-state index >= 15 is 0 Å². The van der Waals surface area contributed by atoms with E-state index in [0.717, 1.165) is 25.8 Å². The third-order valence-corrected chi connectivity index (χ3v) is 5.24. The number of rotatable bonds is 11. The van der Waals surface area contributed by atoms with Crippen LogP contribution in [0.4, 0.5) is 0 Å². The van der Waals surface area contributed by atoms with Crippen molar-refractivity contribution in [2.45, 2.75) is 88.7 Å². The fourth-order valence-electron chi connectivity index (χ4n) is 3.31. The molecule has 24 heavy (non-hydrogen) atoms. The van der Waals surface area contributed by atoms with Gasteiger partial charge in [0.05, 0.1) is 24.4 Å². The van der Waals surface area contributed by atoms with E-state index in [0.29, 0.717) is 6.54 Å². The molecule has 1 saturated heterocycles. The first-order valence-electron chi connectivity index (χ1n) is 9.26. The van der Waals surface area contributed by atoms with Crippen LogP contribution in [0.25, 0.3) is 0 Å². The molecule has 0 amide bonds. The summed E-state index contributed by atoms with van der Waals surface area (Å²) >= 11 is 0. The van der Waals surface area contributed by atoms with Crippen LogP contribution in [0.5, 0.6) is 0 Å². The van der Waals surface area contributed by atoms with Crippen molar-refractivity contribution in [2.24, 2.45) is 0 Å². The number of β-amino-alcohol motifs (C(OH)–C–C–N with tert-alkyl or cyclic N) is 1. The van der Waals surface area contributed by atoms with Crippen molar-refractivity contribution in [3.05, 3.63) is 0 Å². The lowest BCUT2D eigenvalue weighted by Crippen LogP contribution is -2.62. The number of methoxy groups -OCH3 is 1. The molecule has 1 fully saturated rings. The summed E-state index contributed by atoms with van der Waals surface area (Å²) in [6.45, 7) is 5.05. The third kappa shape index (κ3) is 6.94. The van der Waals surface area contributed by atoms with Gasteiger partial charge in [-0.25, -0.2) is 0 Å². The monoisotopic (exact) mass is 347 g/mol. The van der Waals surface area contributed by atoms with Gasteiger partial charge in [-0.2, -0.15) is 0 Å². The van der Waals surface area contributed by atoms with Gasteiger partial charge < -0.3 is 25.2 Å². The predicted octanol–water partition coefficient (Wildman–Crippen LogP) is 0.901. The van der Waals surface area contributed by atoms with Gasteiger partial charge in [-0.1, -0.05) is 32.1 Å². The Morgan fingerprint density at radius 2 is 1.54 bits per heavy atom. The Morgan fingerprint density at radius 1 is 0.958 bits per heavy atom. The maximum Gasteiger partial charge on any atom is 0.109 e. The second-order valence-electron chi connectivity index (χ2n) is 7.63. The van der Waals surface area contributed by atoms with Crippen LogP contribution in [0.15, 0.2) is 0 Å². The van der Waals surface area contributed by atoms with Gasteiger partial charge in [0.25, 0.3) is 0 Å². The topological polar surface area (TPSA) is 93.4 Å². The Kier molecular flexibility index (Phi) is 9.71. The van der Waals surface area contributed by atoms with Crippen molar-refractivity contribution in [3.63, 3.8) is 0 Å². The Balaban J connectivity index is 2.14. The number of hydrogen-bond donors (Lipinski definition) is 4. The van der Waals surface area contributed by atoms with Gasteiger partial charge in [0, 0.05) is 13.7 Å². The van der Waals surface area contributed by atoms with Crippen LogP contribution in [-0.2, 0) is 4.74 Å². The fourth-order valence-corrected chi connectivity index (χ4v) is 3.31. The normalized spacial score (nSPS) is 29.1. The zero-order valence-electron chi connectivity index (χ0n) is 15.5. The Morgan fingerprint density at radius 3 is 2.12 bits per heavy atom. The number of ether oxygens (including phenoxy) is 1. The minimum Gasteiger partial charge on any atom is -0.395 e. The van der Waals surface area contributed by atoms with Gasteiger partial charge in [-0.3, -0.25) is 4.90 Å². The van der Waals surface area contributed by atoms with Gasteiger partial charge in [0.2, 0.25) is 0 Å². The highest BCUT2D eigenvalue weighted by Gasteiger charge is 2.40. The number of hydrogen-bond acceptors (Lipinski definition) is 6. The van der Waals surface area contributed by atoms with E-state index in [9.17, 15) is 20.4 Å². The summed E-state index contributed by atoms with van der Waals surface area (Å²) in [5, 5.41) is 38.8. The Hall–Kier alpha value is -0.240. The van der Waals surface area contributed by atoms with E-state index in [1.54, 1.807) is 7.11 Å². The maximum absolute atomic E-state index is 9.94. The van der Waals surface area contributed by atoms with E-state index in [-0.39, 0.29) is 12.2 Å². The summed E-state index contributed by atoms with van der Waals surface area (Å²) in [6.07, 6.45) is 4.67. The SMILES string of the molecule is COC(C)(C)CCCCCCCCN1C[C@H](O)[C@@H](O)[C@H](O)[C@H]1CO. The van der Waals surface area contributed by atoms with Gasteiger partial charge >= 0.3 is 0 Å². The van der Waals surface area contributed by atoms with Crippen LogP contribution in [0.2, 0.25) is 0 Å². The summed E-state index contributed by atoms with van der Waals surface area (Å²) in [7, 11) is 1.76. The van der Waals surface area contributed by atoms with Crippen LogP contribution >= 0.6 is 0 Å². The van der Waals surface area contributed by atoms with E-state index in [4.69, 9.17) is 4.74 Å². The molecule has 4 atom stereocenters. The molecule has 1 aliphatic heterocycles. The Bertz CT molecular complexity index is 339. The minimum atomic E-state index is -1.17. The molecule has 0 aromatic carbocycles. The van der Waals surface area contributed by atoms with Crippen LogP contribution in [0.3, 0.4) is 0 Å². The van der Waals surface area contributed by atoms with Gasteiger partial charge in [-0.15, -0.1) is 0 Å². The number of unbranched alkanes of at least 4 members (excludes halogenated alkanes) is 5. The average Bonchev–Trinajstić information content (AvgIpc) is 2.55. The molecule has 0 saturated carbocycles. The summed E-state index contributed by atoms with van der Waals surface area (Å²) in [5.74, 6) is 0. The lowest BCUT2D eigenvalue weighted by atomic mass is 9.94. The highest BCUT2D eigenvalue weighted by molar-refractivity contribution is 4.93. The summed E-state index contributed by atoms with van der Waals surface area (Å²) < 4.78 is 5.41. The van der Waals surface area contributed by atoms with E-state index in [1.165, 1.54) is 25.7 Å². The fraction of sp³-hybridized carbons (Fsp3) is 1.00. The zero-order chi connectivity index (χ0) is 18.2. The van der Waals surface area contributed by atoms with E-state index in [2.05, 4.69) is 13.8 Å². The Labute approximate surface area is 146 Å². The molecule has 4 N–H and O–H groups in total. The molecule has 1 heterocycles. The van der Waals surface area contributed by atoms with Crippen LogP contribution in [0.1, 0.15) is 58.8 Å². The van der Waals surface area contributed by atoms with Gasteiger partial charge in [-0.05, 0) is 33.2 Å². The average molecular weight is 347 g/mol. The molecule has 6 heteroatoms. The van der Waals surface area contributed by atoms with Crippen molar-refractivity contribution in [1.29, 1.82) is 0 Å². The van der Waals surface area contributed by atoms with Crippen molar-refractivity contribution in [2.75, 3.05) is 26.8 Å². The number of nitrogens with zero attached hydrogens (tertiary/aromatic N) is 1. The molecular weight excluding hydrogens is 310 g/mol. The first-order valence-corrected chi connectivity index (χ1v) is 9.26. The van der Waals surface area contributed by atoms with Crippen LogP contribution in [0, 0.1) is 0 Å². The number of piperidine rings is 1. The van der Waals surface area contributed by atoms with Crippen molar-refractivity contribution < 1.29 is 25.2 Å². The van der Waals surface area contributed by atoms with Crippen LogP contribution in [-0.4, -0.2) is 82.1 Å². The molecule has 0 spiro atoms. The molecule has 0 bridgehead atoms. The molecule has 0 aliphatic carbocycles. The van der Waals surface area contributed by atoms with Crippen molar-refractivity contribution in [3.8, 4) is 0 Å². The number of likely N-dealkylation sites (tertiary alicyclic amines) is 1. The maximum atomic E-state index is 9.94. The third-order valence-electron chi connectivity index (χ3n) is 5.24. The molecule has 1 rings (SSSR count). The van der Waals surface area contributed by atoms with Gasteiger partial charge in [0.1, 0.15) is 12.2 Å². The predicted molar refractivity (Wildman–Crippen MR) is 93.9 cm³/mol. The molecule has 6 nitrogen and oxygen atoms in total. The second-order valence-corrected chi connectivity index (χ2v) is 7.63. The molecule has 0 aromatic rings. The minimum absolute atomic E-state index is 0.0280. The standard InChI is InChI=1S/C18H37NO5/c1-18(2,24-3)10-8-6-4-5-7-9-11-19-12-15(21)17(23)16(22)14(19)13-20/h14-17,20-23H,4-13H2,1-3H3/t14-,15+,16-,17-/m1/s1. The van der Waals surface area contributed by atoms with Gasteiger partial charge in [0.15, 0.2) is 0 Å². The number of aliphatic hydroxyl groups is 4. The highest BCUT2D eigenvalue weighted by Crippen LogP contribution is 2.21. The molecule has 0 radical (unpaired) electrons.